The van der Waals surface area contributed by atoms with Gasteiger partial charge in [0.25, 0.3) is 0 Å². The molecule has 2 heterocycles. The molecule has 0 aromatic carbocycles. The highest BCUT2D eigenvalue weighted by Gasteiger charge is 2.56. The quantitative estimate of drug-likeness (QED) is 0.773. The fraction of sp³-hybridized carbons (Fsp3) is 0.895. The molecule has 1 unspecified atom stereocenters. The molecule has 0 aromatic rings. The van der Waals surface area contributed by atoms with E-state index in [0.717, 1.165) is 45.4 Å². The highest BCUT2D eigenvalue weighted by molar-refractivity contribution is 5.88. The molecule has 0 bridgehead atoms. The molecule has 0 radical (unpaired) electrons. The molecule has 4 rings (SSSR count). The van der Waals surface area contributed by atoms with Gasteiger partial charge in [-0.3, -0.25) is 9.59 Å². The summed E-state index contributed by atoms with van der Waals surface area (Å²) >= 11 is 0. The second-order valence-electron chi connectivity index (χ2n) is 8.08. The van der Waals surface area contributed by atoms with Crippen molar-refractivity contribution in [3.8, 4) is 0 Å². The van der Waals surface area contributed by atoms with Crippen LogP contribution in [0, 0.1) is 17.8 Å². The van der Waals surface area contributed by atoms with Crippen LogP contribution >= 0.6 is 0 Å². The van der Waals surface area contributed by atoms with E-state index in [2.05, 4.69) is 0 Å². The molecule has 4 atom stereocenters. The van der Waals surface area contributed by atoms with E-state index in [-0.39, 0.29) is 30.4 Å². The van der Waals surface area contributed by atoms with E-state index in [1.807, 2.05) is 9.80 Å². The zero-order chi connectivity index (χ0) is 16.5. The molecule has 2 saturated heterocycles. The Hall–Kier alpha value is -1.10. The molecule has 134 valence electrons. The number of carbonyl (C=O) groups is 2. The van der Waals surface area contributed by atoms with E-state index >= 15 is 0 Å². The normalized spacial score (nSPS) is 34.9. The van der Waals surface area contributed by atoms with Crippen LogP contribution in [-0.2, 0) is 14.3 Å². The second kappa shape index (κ2) is 7.03. The molecule has 2 aliphatic carbocycles. The predicted octanol–water partition coefficient (Wildman–Crippen LogP) is 2.05. The average Bonchev–Trinajstić information content (AvgIpc) is 3.00. The highest BCUT2D eigenvalue weighted by Crippen LogP contribution is 2.56. The van der Waals surface area contributed by atoms with Crippen molar-refractivity contribution in [3.63, 3.8) is 0 Å². The Morgan fingerprint density at radius 3 is 2.29 bits per heavy atom. The molecule has 24 heavy (non-hydrogen) atoms. The van der Waals surface area contributed by atoms with E-state index < -0.39 is 0 Å². The molecular formula is C19H30N2O3. The number of hydrogen-bond acceptors (Lipinski definition) is 3. The van der Waals surface area contributed by atoms with Gasteiger partial charge >= 0.3 is 0 Å². The first-order valence-electron chi connectivity index (χ1n) is 9.92. The monoisotopic (exact) mass is 334 g/mol. The third-order valence-electron chi connectivity index (χ3n) is 6.49. The summed E-state index contributed by atoms with van der Waals surface area (Å²) in [6, 6.07) is 0. The van der Waals surface area contributed by atoms with E-state index in [9.17, 15) is 9.59 Å². The lowest BCUT2D eigenvalue weighted by Gasteiger charge is -2.27. The van der Waals surface area contributed by atoms with Crippen LogP contribution < -0.4 is 0 Å². The molecule has 0 N–H and O–H groups in total. The minimum absolute atomic E-state index is 0.126. The number of hydrogen-bond donors (Lipinski definition) is 0. The number of carbonyl (C=O) groups excluding carboxylic acids is 2. The first-order chi connectivity index (χ1) is 11.7. The molecule has 0 spiro atoms. The maximum Gasteiger partial charge on any atom is 0.242 e. The van der Waals surface area contributed by atoms with Crippen molar-refractivity contribution >= 4 is 11.8 Å². The summed E-state index contributed by atoms with van der Waals surface area (Å²) in [4.78, 5) is 29.5. The number of ether oxygens (including phenoxy) is 1. The zero-order valence-corrected chi connectivity index (χ0v) is 14.6. The van der Waals surface area contributed by atoms with Gasteiger partial charge in [-0.15, -0.1) is 0 Å². The molecular weight excluding hydrogens is 304 g/mol. The summed E-state index contributed by atoms with van der Waals surface area (Å²) in [5.74, 6) is 1.75. The molecule has 0 aromatic heterocycles. The lowest BCUT2D eigenvalue weighted by molar-refractivity contribution is -0.142. The smallest absolute Gasteiger partial charge is 0.242 e. The summed E-state index contributed by atoms with van der Waals surface area (Å²) in [6.45, 7) is 3.37. The molecule has 2 amide bonds. The lowest BCUT2D eigenvalue weighted by Crippen LogP contribution is -2.45. The Labute approximate surface area is 144 Å². The van der Waals surface area contributed by atoms with Crippen LogP contribution in [0.3, 0.4) is 0 Å². The third kappa shape index (κ3) is 3.32. The number of likely N-dealkylation sites (tertiary alicyclic amines) is 1. The summed E-state index contributed by atoms with van der Waals surface area (Å²) in [7, 11) is 0. The number of amides is 2. The van der Waals surface area contributed by atoms with E-state index in [1.54, 1.807) is 0 Å². The fourth-order valence-corrected chi connectivity index (χ4v) is 5.07. The van der Waals surface area contributed by atoms with E-state index in [1.165, 1.54) is 25.7 Å². The Morgan fingerprint density at radius 1 is 0.958 bits per heavy atom. The van der Waals surface area contributed by atoms with Gasteiger partial charge in [-0.25, -0.2) is 0 Å². The van der Waals surface area contributed by atoms with Crippen LogP contribution in [-0.4, -0.2) is 60.5 Å². The van der Waals surface area contributed by atoms with Gasteiger partial charge in [-0.1, -0.05) is 12.8 Å². The number of fused-ring (bicyclic) bond motifs is 1. The van der Waals surface area contributed by atoms with Gasteiger partial charge in [0.2, 0.25) is 11.8 Å². The number of nitrogens with zero attached hydrogens (tertiary/aromatic N) is 2. The second-order valence-corrected chi connectivity index (χ2v) is 8.08. The SMILES string of the molecule is O=C(CN(C[C@@H]1CCCO1)C(=O)C1[C@H]2CCCC[C@@H]12)N1CCCC1. The summed E-state index contributed by atoms with van der Waals surface area (Å²) < 4.78 is 5.74. The van der Waals surface area contributed by atoms with Crippen LogP contribution in [0.5, 0.6) is 0 Å². The van der Waals surface area contributed by atoms with Gasteiger partial charge in [-0.2, -0.15) is 0 Å². The first kappa shape index (κ1) is 16.4. The van der Waals surface area contributed by atoms with Crippen LogP contribution in [0.25, 0.3) is 0 Å². The van der Waals surface area contributed by atoms with Crippen molar-refractivity contribution in [2.24, 2.45) is 17.8 Å². The minimum Gasteiger partial charge on any atom is -0.376 e. The van der Waals surface area contributed by atoms with E-state index in [0.29, 0.717) is 18.4 Å². The summed E-state index contributed by atoms with van der Waals surface area (Å²) in [6.07, 6.45) is 9.34. The standard InChI is InChI=1S/C19H30N2O3/c22-17(20-9-3-4-10-20)13-21(12-14-6-5-11-24-14)19(23)18-15-7-1-2-8-16(15)18/h14-16,18H,1-13H2/t14-,15-,16+,18?/m0/s1. The van der Waals surface area contributed by atoms with Gasteiger partial charge < -0.3 is 14.5 Å². The van der Waals surface area contributed by atoms with Gasteiger partial charge in [0, 0.05) is 32.2 Å². The predicted molar refractivity (Wildman–Crippen MR) is 90.3 cm³/mol. The first-order valence-corrected chi connectivity index (χ1v) is 9.92. The average molecular weight is 334 g/mol. The molecule has 5 heteroatoms. The molecule has 2 aliphatic heterocycles. The van der Waals surface area contributed by atoms with Crippen LogP contribution in [0.2, 0.25) is 0 Å². The van der Waals surface area contributed by atoms with Crippen LogP contribution in [0.1, 0.15) is 51.4 Å². The Kier molecular flexibility index (Phi) is 4.79. The molecule has 5 nitrogen and oxygen atoms in total. The maximum atomic E-state index is 13.1. The molecule has 2 saturated carbocycles. The maximum absolute atomic E-state index is 13.1. The van der Waals surface area contributed by atoms with Crippen molar-refractivity contribution in [2.75, 3.05) is 32.8 Å². The van der Waals surface area contributed by atoms with Gasteiger partial charge in [0.05, 0.1) is 12.6 Å². The molecule has 4 fully saturated rings. The van der Waals surface area contributed by atoms with Crippen LogP contribution in [0.15, 0.2) is 0 Å². The zero-order valence-electron chi connectivity index (χ0n) is 14.6. The van der Waals surface area contributed by atoms with Crippen molar-refractivity contribution < 1.29 is 14.3 Å². The van der Waals surface area contributed by atoms with Gasteiger partial charge in [-0.05, 0) is 50.4 Å². The number of rotatable bonds is 5. The third-order valence-corrected chi connectivity index (χ3v) is 6.49. The van der Waals surface area contributed by atoms with Crippen molar-refractivity contribution in [2.45, 2.75) is 57.5 Å². The Morgan fingerprint density at radius 2 is 1.67 bits per heavy atom. The Balaban J connectivity index is 1.40. The largest absolute Gasteiger partial charge is 0.376 e. The van der Waals surface area contributed by atoms with Gasteiger partial charge in [0.15, 0.2) is 0 Å². The van der Waals surface area contributed by atoms with Crippen molar-refractivity contribution in [3.05, 3.63) is 0 Å². The minimum atomic E-state index is 0.126. The highest BCUT2D eigenvalue weighted by atomic mass is 16.5. The van der Waals surface area contributed by atoms with E-state index in [4.69, 9.17) is 4.74 Å². The summed E-state index contributed by atoms with van der Waals surface area (Å²) in [5.41, 5.74) is 0. The Bertz CT molecular complexity index is 471. The van der Waals surface area contributed by atoms with Crippen molar-refractivity contribution in [1.82, 2.24) is 9.80 Å². The van der Waals surface area contributed by atoms with Crippen LogP contribution in [0.4, 0.5) is 0 Å². The fourth-order valence-electron chi connectivity index (χ4n) is 5.07. The molecule has 4 aliphatic rings. The van der Waals surface area contributed by atoms with Gasteiger partial charge in [0.1, 0.15) is 0 Å². The van der Waals surface area contributed by atoms with Crippen molar-refractivity contribution in [1.29, 1.82) is 0 Å². The lowest BCUT2D eigenvalue weighted by atomic mass is 10.0. The topological polar surface area (TPSA) is 49.9 Å². The summed E-state index contributed by atoms with van der Waals surface area (Å²) in [5, 5.41) is 0.